The van der Waals surface area contributed by atoms with Gasteiger partial charge in [0.25, 0.3) is 0 Å². The minimum absolute atomic E-state index is 0.417. The van der Waals surface area contributed by atoms with Gasteiger partial charge < -0.3 is 11.1 Å². The van der Waals surface area contributed by atoms with Crippen LogP contribution in [0.2, 0.25) is 0 Å². The van der Waals surface area contributed by atoms with Crippen molar-refractivity contribution in [2.24, 2.45) is 0 Å². The van der Waals surface area contributed by atoms with E-state index in [1.54, 1.807) is 17.5 Å². The van der Waals surface area contributed by atoms with Crippen molar-refractivity contribution in [3.63, 3.8) is 0 Å². The lowest BCUT2D eigenvalue weighted by atomic mass is 10.2. The van der Waals surface area contributed by atoms with Crippen molar-refractivity contribution in [2.75, 3.05) is 12.3 Å². The number of nitrogen functional groups attached to an aromatic ring is 1. The highest BCUT2D eigenvalue weighted by Gasteiger charge is 2.07. The molecule has 0 radical (unpaired) electrons. The fraction of sp³-hybridized carbons (Fsp3) is 0.333. The Morgan fingerprint density at radius 1 is 1.41 bits per heavy atom. The van der Waals surface area contributed by atoms with Gasteiger partial charge in [0.15, 0.2) is 0 Å². The molecule has 1 unspecified atom stereocenters. The molecule has 2 heterocycles. The van der Waals surface area contributed by atoms with Crippen LogP contribution >= 0.6 is 11.3 Å². The minimum Gasteiger partial charge on any atom is -0.397 e. The molecule has 2 aromatic heterocycles. The van der Waals surface area contributed by atoms with E-state index >= 15 is 0 Å². The molecule has 0 aliphatic rings. The molecule has 3 N–H and O–H groups in total. The van der Waals surface area contributed by atoms with Crippen LogP contribution in [0.15, 0.2) is 29.9 Å². The van der Waals surface area contributed by atoms with Crippen LogP contribution in [0.25, 0.3) is 0 Å². The van der Waals surface area contributed by atoms with E-state index in [1.807, 2.05) is 23.7 Å². The van der Waals surface area contributed by atoms with Gasteiger partial charge in [0.05, 0.1) is 16.4 Å². The first-order chi connectivity index (χ1) is 8.27. The molecule has 0 fully saturated rings. The van der Waals surface area contributed by atoms with Gasteiger partial charge in [-0.3, -0.25) is 4.98 Å². The third kappa shape index (κ3) is 3.25. The van der Waals surface area contributed by atoms with Crippen molar-refractivity contribution in [3.8, 4) is 0 Å². The largest absolute Gasteiger partial charge is 0.397 e. The van der Waals surface area contributed by atoms with Gasteiger partial charge in [-0.2, -0.15) is 0 Å². The highest BCUT2D eigenvalue weighted by atomic mass is 32.1. The van der Waals surface area contributed by atoms with Crippen molar-refractivity contribution in [1.29, 1.82) is 0 Å². The molecule has 0 spiro atoms. The summed E-state index contributed by atoms with van der Waals surface area (Å²) in [6, 6.07) is 3.71. The summed E-state index contributed by atoms with van der Waals surface area (Å²) in [5.41, 5.74) is 7.46. The molecule has 0 saturated heterocycles. The molecule has 0 bridgehead atoms. The first kappa shape index (κ1) is 12.0. The molecule has 2 aromatic rings. The van der Waals surface area contributed by atoms with E-state index in [4.69, 9.17) is 5.73 Å². The number of nitrogens with two attached hydrogens (primary N) is 1. The Morgan fingerprint density at radius 2 is 2.29 bits per heavy atom. The summed E-state index contributed by atoms with van der Waals surface area (Å²) in [4.78, 5) is 8.53. The number of hydrogen-bond acceptors (Lipinski definition) is 5. The Kier molecular flexibility index (Phi) is 4.06. The van der Waals surface area contributed by atoms with Crippen LogP contribution in [0.1, 0.15) is 23.5 Å². The van der Waals surface area contributed by atoms with Gasteiger partial charge in [-0.15, -0.1) is 11.3 Å². The van der Waals surface area contributed by atoms with Gasteiger partial charge in [-0.05, 0) is 12.1 Å². The predicted octanol–water partition coefficient (Wildman–Crippen LogP) is 2.01. The third-order valence-corrected chi connectivity index (χ3v) is 3.55. The van der Waals surface area contributed by atoms with Crippen LogP contribution in [0.3, 0.4) is 0 Å². The average molecular weight is 248 g/mol. The molecule has 90 valence electrons. The number of aromatic nitrogens is 2. The summed E-state index contributed by atoms with van der Waals surface area (Å²) in [7, 11) is 0. The van der Waals surface area contributed by atoms with Gasteiger partial charge in [0, 0.05) is 36.8 Å². The number of rotatable bonds is 5. The quantitative estimate of drug-likeness (QED) is 0.849. The molecule has 5 heteroatoms. The topological polar surface area (TPSA) is 63.8 Å². The third-order valence-electron chi connectivity index (χ3n) is 2.54. The number of nitrogens with one attached hydrogen (secondary N) is 1. The molecule has 0 amide bonds. The van der Waals surface area contributed by atoms with Gasteiger partial charge in [-0.25, -0.2) is 4.98 Å². The number of anilines is 1. The predicted molar refractivity (Wildman–Crippen MR) is 70.9 cm³/mol. The van der Waals surface area contributed by atoms with Crippen LogP contribution in [-0.2, 0) is 6.54 Å². The Labute approximate surface area is 105 Å². The van der Waals surface area contributed by atoms with E-state index in [0.29, 0.717) is 12.5 Å². The first-order valence-electron chi connectivity index (χ1n) is 5.57. The van der Waals surface area contributed by atoms with E-state index in [1.165, 1.54) is 0 Å². The van der Waals surface area contributed by atoms with E-state index in [0.717, 1.165) is 22.9 Å². The average Bonchev–Trinajstić information content (AvgIpc) is 2.85. The molecule has 1 atom stereocenters. The van der Waals surface area contributed by atoms with Gasteiger partial charge in [0.1, 0.15) is 0 Å². The van der Waals surface area contributed by atoms with Crippen molar-refractivity contribution < 1.29 is 0 Å². The minimum atomic E-state index is 0.417. The smallest absolute Gasteiger partial charge is 0.0965 e. The Bertz CT molecular complexity index is 455. The summed E-state index contributed by atoms with van der Waals surface area (Å²) < 4.78 is 0. The van der Waals surface area contributed by atoms with Crippen LogP contribution in [0, 0.1) is 0 Å². The normalized spacial score (nSPS) is 12.5. The summed E-state index contributed by atoms with van der Waals surface area (Å²) in [5, 5.41) is 6.52. The highest BCUT2D eigenvalue weighted by Crippen LogP contribution is 2.16. The molecule has 0 aliphatic carbocycles. The Hall–Kier alpha value is -1.46. The lowest BCUT2D eigenvalue weighted by Crippen LogP contribution is -2.20. The fourth-order valence-electron chi connectivity index (χ4n) is 1.57. The lowest BCUT2D eigenvalue weighted by Gasteiger charge is -2.10. The van der Waals surface area contributed by atoms with Crippen LogP contribution in [0.4, 0.5) is 5.69 Å². The number of nitrogens with zero attached hydrogens (tertiary/aromatic N) is 2. The van der Waals surface area contributed by atoms with Gasteiger partial charge in [0.2, 0.25) is 0 Å². The summed E-state index contributed by atoms with van der Waals surface area (Å²) >= 11 is 1.69. The Morgan fingerprint density at radius 3 is 3.00 bits per heavy atom. The van der Waals surface area contributed by atoms with Gasteiger partial charge in [-0.1, -0.05) is 6.92 Å². The zero-order valence-electron chi connectivity index (χ0n) is 9.76. The second-order valence-corrected chi connectivity index (χ2v) is 4.87. The van der Waals surface area contributed by atoms with Crippen LogP contribution < -0.4 is 11.1 Å². The lowest BCUT2D eigenvalue weighted by molar-refractivity contribution is 0.607. The first-order valence-corrected chi connectivity index (χ1v) is 6.45. The summed E-state index contributed by atoms with van der Waals surface area (Å²) in [5.74, 6) is 0.417. The number of pyridine rings is 1. The summed E-state index contributed by atoms with van der Waals surface area (Å²) in [6.45, 7) is 3.74. The van der Waals surface area contributed by atoms with Gasteiger partial charge >= 0.3 is 0 Å². The maximum atomic E-state index is 5.82. The monoisotopic (exact) mass is 248 g/mol. The van der Waals surface area contributed by atoms with E-state index < -0.39 is 0 Å². The number of hydrogen-bond donors (Lipinski definition) is 2. The molecular formula is C12H16N4S. The van der Waals surface area contributed by atoms with E-state index in [-0.39, 0.29) is 0 Å². The van der Waals surface area contributed by atoms with Crippen molar-refractivity contribution in [2.45, 2.75) is 19.4 Å². The molecular weight excluding hydrogens is 232 g/mol. The second-order valence-electron chi connectivity index (χ2n) is 3.94. The molecule has 2 rings (SSSR count). The van der Waals surface area contributed by atoms with Crippen LogP contribution in [0.5, 0.6) is 0 Å². The van der Waals surface area contributed by atoms with E-state index in [9.17, 15) is 0 Å². The zero-order chi connectivity index (χ0) is 12.1. The van der Waals surface area contributed by atoms with Crippen molar-refractivity contribution in [3.05, 3.63) is 40.6 Å². The molecule has 0 aliphatic heterocycles. The maximum absolute atomic E-state index is 5.82. The summed E-state index contributed by atoms with van der Waals surface area (Å²) in [6.07, 6.45) is 3.60. The Balaban J connectivity index is 1.82. The standard InChI is InChI=1S/C12H16N4S/c1-9(12-16-5-6-17-12)7-14-8-11-10(13)3-2-4-15-11/h2-6,9,14H,7-8,13H2,1H3. The van der Waals surface area contributed by atoms with E-state index in [2.05, 4.69) is 22.2 Å². The molecule has 4 nitrogen and oxygen atoms in total. The number of thiazole rings is 1. The van der Waals surface area contributed by atoms with Crippen molar-refractivity contribution >= 4 is 17.0 Å². The fourth-order valence-corrected chi connectivity index (χ4v) is 2.27. The maximum Gasteiger partial charge on any atom is 0.0965 e. The van der Waals surface area contributed by atoms with Crippen molar-refractivity contribution in [1.82, 2.24) is 15.3 Å². The molecule has 0 aromatic carbocycles. The SMILES string of the molecule is CC(CNCc1ncccc1N)c1nccs1. The zero-order valence-corrected chi connectivity index (χ0v) is 10.6. The highest BCUT2D eigenvalue weighted by molar-refractivity contribution is 7.09. The molecule has 17 heavy (non-hydrogen) atoms. The second kappa shape index (κ2) is 5.75. The van der Waals surface area contributed by atoms with Crippen LogP contribution in [-0.4, -0.2) is 16.5 Å². The molecule has 0 saturated carbocycles.